The van der Waals surface area contributed by atoms with Gasteiger partial charge in [0.15, 0.2) is 0 Å². The molecule has 0 aliphatic heterocycles. The summed E-state index contributed by atoms with van der Waals surface area (Å²) in [6.45, 7) is 3.41. The molecule has 1 atom stereocenters. The van der Waals surface area contributed by atoms with Crippen LogP contribution in [0.2, 0.25) is 0 Å². The van der Waals surface area contributed by atoms with Gasteiger partial charge in [0.1, 0.15) is 15.7 Å². The minimum atomic E-state index is -3.02. The van der Waals surface area contributed by atoms with E-state index in [2.05, 4.69) is 0 Å². The van der Waals surface area contributed by atoms with E-state index in [1.165, 1.54) is 6.07 Å². The van der Waals surface area contributed by atoms with E-state index in [0.717, 1.165) is 5.56 Å². The molecule has 3 nitrogen and oxygen atoms in total. The molecule has 1 rings (SSSR count). The first kappa shape index (κ1) is 15.1. The van der Waals surface area contributed by atoms with Crippen LogP contribution in [0.15, 0.2) is 18.2 Å². The summed E-state index contributed by atoms with van der Waals surface area (Å²) in [5.74, 6) is -0.318. The molecule has 0 aliphatic rings. The minimum Gasteiger partial charge on any atom is -0.388 e. The summed E-state index contributed by atoms with van der Waals surface area (Å²) < 4.78 is 36.0. The maximum Gasteiger partial charge on any atom is 0.150 e. The Balaban J connectivity index is 2.61. The van der Waals surface area contributed by atoms with Crippen LogP contribution in [0.25, 0.3) is 0 Å². The van der Waals surface area contributed by atoms with Crippen LogP contribution in [-0.2, 0) is 9.84 Å². The lowest BCUT2D eigenvalue weighted by Crippen LogP contribution is -2.10. The zero-order valence-electron chi connectivity index (χ0n) is 10.7. The van der Waals surface area contributed by atoms with Gasteiger partial charge in [-0.3, -0.25) is 0 Å². The number of aliphatic hydroxyl groups is 1. The van der Waals surface area contributed by atoms with Gasteiger partial charge in [-0.15, -0.1) is 0 Å². The maximum atomic E-state index is 13.5. The summed E-state index contributed by atoms with van der Waals surface area (Å²) in [5.41, 5.74) is 1.11. The highest BCUT2D eigenvalue weighted by Crippen LogP contribution is 2.22. The summed E-state index contributed by atoms with van der Waals surface area (Å²) >= 11 is 0. The monoisotopic (exact) mass is 274 g/mol. The molecular weight excluding hydrogens is 255 g/mol. The van der Waals surface area contributed by atoms with Gasteiger partial charge in [-0.1, -0.05) is 24.6 Å². The number of rotatable bonds is 6. The molecule has 0 aromatic heterocycles. The molecule has 1 aromatic rings. The molecule has 0 spiro atoms. The molecule has 0 fully saturated rings. The van der Waals surface area contributed by atoms with Crippen LogP contribution < -0.4 is 0 Å². The predicted octanol–water partition coefficient (Wildman–Crippen LogP) is 2.38. The van der Waals surface area contributed by atoms with E-state index in [1.54, 1.807) is 19.1 Å². The van der Waals surface area contributed by atoms with Gasteiger partial charge in [0.2, 0.25) is 0 Å². The fourth-order valence-corrected chi connectivity index (χ4v) is 2.61. The SMILES string of the molecule is CCS(=O)(=O)CCCC(O)c1cc(C)ccc1F. The van der Waals surface area contributed by atoms with E-state index >= 15 is 0 Å². The second kappa shape index (κ2) is 6.29. The molecule has 18 heavy (non-hydrogen) atoms. The molecule has 1 unspecified atom stereocenters. The third-order valence-corrected chi connectivity index (χ3v) is 4.67. The largest absolute Gasteiger partial charge is 0.388 e. The van der Waals surface area contributed by atoms with Crippen molar-refractivity contribution in [1.29, 1.82) is 0 Å². The summed E-state index contributed by atoms with van der Waals surface area (Å²) in [6.07, 6.45) is -0.360. The summed E-state index contributed by atoms with van der Waals surface area (Å²) in [5, 5.41) is 9.86. The molecule has 102 valence electrons. The van der Waals surface area contributed by atoms with E-state index in [4.69, 9.17) is 0 Å². The molecule has 5 heteroatoms. The Morgan fingerprint density at radius 2 is 2.06 bits per heavy atom. The predicted molar refractivity (Wildman–Crippen MR) is 69.7 cm³/mol. The van der Waals surface area contributed by atoms with Gasteiger partial charge >= 0.3 is 0 Å². The van der Waals surface area contributed by atoms with Gasteiger partial charge in [0.05, 0.1) is 11.9 Å². The first-order chi connectivity index (χ1) is 8.35. The number of hydrogen-bond acceptors (Lipinski definition) is 3. The zero-order chi connectivity index (χ0) is 13.8. The van der Waals surface area contributed by atoms with Gasteiger partial charge in [-0.25, -0.2) is 12.8 Å². The first-order valence-electron chi connectivity index (χ1n) is 6.00. The highest BCUT2D eigenvalue weighted by molar-refractivity contribution is 7.91. The molecule has 1 N–H and O–H groups in total. The number of aliphatic hydroxyl groups excluding tert-OH is 1. The molecule has 0 amide bonds. The quantitative estimate of drug-likeness (QED) is 0.866. The second-order valence-corrected chi connectivity index (χ2v) is 6.89. The van der Waals surface area contributed by atoms with Crippen molar-refractivity contribution in [2.75, 3.05) is 11.5 Å². The van der Waals surface area contributed by atoms with Crippen LogP contribution in [0, 0.1) is 12.7 Å². The summed E-state index contributed by atoms with van der Waals surface area (Å²) in [6, 6.07) is 4.54. The number of hydrogen-bond donors (Lipinski definition) is 1. The van der Waals surface area contributed by atoms with Gasteiger partial charge in [0, 0.05) is 11.3 Å². The maximum absolute atomic E-state index is 13.5. The van der Waals surface area contributed by atoms with E-state index in [-0.39, 0.29) is 23.5 Å². The standard InChI is InChI=1S/C13H19FO3S/c1-3-18(16,17)8-4-5-13(15)11-9-10(2)6-7-12(11)14/h6-7,9,13,15H,3-5,8H2,1-2H3. The lowest BCUT2D eigenvalue weighted by molar-refractivity contribution is 0.162. The van der Waals surface area contributed by atoms with Crippen molar-refractivity contribution in [2.24, 2.45) is 0 Å². The van der Waals surface area contributed by atoms with Crippen LogP contribution in [0.4, 0.5) is 4.39 Å². The van der Waals surface area contributed by atoms with Crippen molar-refractivity contribution >= 4 is 9.84 Å². The van der Waals surface area contributed by atoms with Crippen molar-refractivity contribution in [3.63, 3.8) is 0 Å². The van der Waals surface area contributed by atoms with Crippen molar-refractivity contribution < 1.29 is 17.9 Å². The van der Waals surface area contributed by atoms with Crippen LogP contribution in [-0.4, -0.2) is 25.0 Å². The molecule has 0 saturated heterocycles. The lowest BCUT2D eigenvalue weighted by Gasteiger charge is -2.12. The van der Waals surface area contributed by atoms with E-state index < -0.39 is 21.8 Å². The smallest absolute Gasteiger partial charge is 0.150 e. The Morgan fingerprint density at radius 1 is 1.39 bits per heavy atom. The Labute approximate surface area is 108 Å². The third kappa shape index (κ3) is 4.38. The highest BCUT2D eigenvalue weighted by Gasteiger charge is 2.14. The second-order valence-electron chi connectivity index (χ2n) is 4.42. The third-order valence-electron chi connectivity index (χ3n) is 2.88. The van der Waals surface area contributed by atoms with Crippen LogP contribution >= 0.6 is 0 Å². The number of aryl methyl sites for hydroxylation is 1. The molecule has 0 heterocycles. The van der Waals surface area contributed by atoms with E-state index in [9.17, 15) is 17.9 Å². The van der Waals surface area contributed by atoms with Crippen LogP contribution in [0.5, 0.6) is 0 Å². The van der Waals surface area contributed by atoms with Crippen molar-refractivity contribution in [2.45, 2.75) is 32.8 Å². The van der Waals surface area contributed by atoms with Gasteiger partial charge in [-0.2, -0.15) is 0 Å². The van der Waals surface area contributed by atoms with Crippen molar-refractivity contribution in [3.05, 3.63) is 35.1 Å². The fraction of sp³-hybridized carbons (Fsp3) is 0.538. The molecule has 0 radical (unpaired) electrons. The van der Waals surface area contributed by atoms with Crippen LogP contribution in [0.3, 0.4) is 0 Å². The Morgan fingerprint density at radius 3 is 2.67 bits per heavy atom. The molecule has 0 bridgehead atoms. The summed E-state index contributed by atoms with van der Waals surface area (Å²) in [7, 11) is -3.02. The average Bonchev–Trinajstić information content (AvgIpc) is 2.32. The topological polar surface area (TPSA) is 54.4 Å². The Hall–Kier alpha value is -0.940. The first-order valence-corrected chi connectivity index (χ1v) is 7.82. The molecule has 1 aromatic carbocycles. The average molecular weight is 274 g/mol. The van der Waals surface area contributed by atoms with Crippen molar-refractivity contribution in [1.82, 2.24) is 0 Å². The van der Waals surface area contributed by atoms with Gasteiger partial charge < -0.3 is 5.11 Å². The molecule has 0 aliphatic carbocycles. The zero-order valence-corrected chi connectivity index (χ0v) is 11.5. The number of sulfone groups is 1. The minimum absolute atomic E-state index is 0.0357. The Kier molecular flexibility index (Phi) is 5.28. The number of halogens is 1. The highest BCUT2D eigenvalue weighted by atomic mass is 32.2. The normalized spacial score (nSPS) is 13.6. The lowest BCUT2D eigenvalue weighted by atomic mass is 10.0. The van der Waals surface area contributed by atoms with Crippen molar-refractivity contribution in [3.8, 4) is 0 Å². The van der Waals surface area contributed by atoms with E-state index in [0.29, 0.717) is 6.42 Å². The van der Waals surface area contributed by atoms with Crippen LogP contribution in [0.1, 0.15) is 37.0 Å². The fourth-order valence-electron chi connectivity index (χ4n) is 1.71. The molecular formula is C13H19FO3S. The van der Waals surface area contributed by atoms with Gasteiger partial charge in [0.25, 0.3) is 0 Å². The number of benzene rings is 1. The summed E-state index contributed by atoms with van der Waals surface area (Å²) in [4.78, 5) is 0. The van der Waals surface area contributed by atoms with Gasteiger partial charge in [-0.05, 0) is 25.8 Å². The van der Waals surface area contributed by atoms with E-state index in [1.807, 2.05) is 6.92 Å². The molecule has 0 saturated carbocycles. The Bertz CT molecular complexity index is 497.